The van der Waals surface area contributed by atoms with Crippen LogP contribution in [-0.2, 0) is 6.54 Å². The highest BCUT2D eigenvalue weighted by molar-refractivity contribution is 6.00. The van der Waals surface area contributed by atoms with Crippen LogP contribution in [0.1, 0.15) is 25.3 Å². The van der Waals surface area contributed by atoms with Crippen molar-refractivity contribution in [2.75, 3.05) is 0 Å². The van der Waals surface area contributed by atoms with E-state index in [4.69, 9.17) is 0 Å². The highest BCUT2D eigenvalue weighted by Crippen LogP contribution is 2.12. The summed E-state index contributed by atoms with van der Waals surface area (Å²) in [6.07, 6.45) is 8.97. The first-order valence-electron chi connectivity index (χ1n) is 5.78. The summed E-state index contributed by atoms with van der Waals surface area (Å²) in [6.45, 7) is 2.86. The normalized spacial score (nSPS) is 16.1. The summed E-state index contributed by atoms with van der Waals surface area (Å²) >= 11 is 0. The smallest absolute Gasteiger partial charge is 0.0643 e. The van der Waals surface area contributed by atoms with E-state index in [1.54, 1.807) is 0 Å². The van der Waals surface area contributed by atoms with Gasteiger partial charge in [0, 0.05) is 5.71 Å². The Morgan fingerprint density at radius 3 is 2.69 bits per heavy atom. The van der Waals surface area contributed by atoms with Crippen molar-refractivity contribution in [1.29, 1.82) is 0 Å². The minimum Gasteiger partial charge on any atom is -0.285 e. The van der Waals surface area contributed by atoms with Crippen LogP contribution in [0.5, 0.6) is 0 Å². The molecule has 1 nitrogen and oxygen atoms in total. The van der Waals surface area contributed by atoms with Crippen molar-refractivity contribution in [3.8, 4) is 0 Å². The maximum Gasteiger partial charge on any atom is 0.0643 e. The Morgan fingerprint density at radius 1 is 1.19 bits per heavy atom. The zero-order valence-corrected chi connectivity index (χ0v) is 9.69. The Kier molecular flexibility index (Phi) is 3.71. The number of nitrogens with zero attached hydrogens (tertiary/aromatic N) is 1. The molecule has 82 valence electrons. The number of benzene rings is 1. The molecule has 0 spiro atoms. The quantitative estimate of drug-likeness (QED) is 0.672. The van der Waals surface area contributed by atoms with E-state index in [0.29, 0.717) is 0 Å². The highest BCUT2D eigenvalue weighted by Gasteiger charge is 2.00. The van der Waals surface area contributed by atoms with Gasteiger partial charge in [0.15, 0.2) is 0 Å². The second kappa shape index (κ2) is 5.45. The Balaban J connectivity index is 2.02. The molecule has 0 bridgehead atoms. The van der Waals surface area contributed by atoms with E-state index in [2.05, 4.69) is 54.4 Å². The molecule has 2 rings (SSSR count). The standard InChI is InChI=1S/C15H17N/c1-13(15-10-6-3-7-11-15)16-12-14-8-4-2-5-9-14/h2,4-6,8-11H,3,7,12H2,1H3. The number of allylic oxidation sites excluding steroid dienone is 4. The summed E-state index contributed by atoms with van der Waals surface area (Å²) in [7, 11) is 0. The van der Waals surface area contributed by atoms with E-state index in [9.17, 15) is 0 Å². The average Bonchev–Trinajstić information content (AvgIpc) is 2.38. The maximum atomic E-state index is 4.62. The van der Waals surface area contributed by atoms with E-state index in [-0.39, 0.29) is 0 Å². The largest absolute Gasteiger partial charge is 0.285 e. The van der Waals surface area contributed by atoms with Gasteiger partial charge in [0.1, 0.15) is 0 Å². The summed E-state index contributed by atoms with van der Waals surface area (Å²) in [5.74, 6) is 0. The molecule has 0 atom stereocenters. The van der Waals surface area contributed by atoms with Gasteiger partial charge in [-0.1, -0.05) is 48.6 Å². The number of rotatable bonds is 3. The molecule has 0 aliphatic heterocycles. The second-order valence-corrected chi connectivity index (χ2v) is 4.03. The van der Waals surface area contributed by atoms with Crippen LogP contribution in [0.15, 0.2) is 59.1 Å². The van der Waals surface area contributed by atoms with E-state index >= 15 is 0 Å². The van der Waals surface area contributed by atoms with Gasteiger partial charge in [-0.05, 0) is 30.9 Å². The third kappa shape index (κ3) is 2.93. The van der Waals surface area contributed by atoms with Crippen molar-refractivity contribution in [2.45, 2.75) is 26.3 Å². The molecule has 1 heteroatoms. The van der Waals surface area contributed by atoms with Crippen molar-refractivity contribution in [3.05, 3.63) is 59.7 Å². The van der Waals surface area contributed by atoms with Crippen LogP contribution < -0.4 is 0 Å². The second-order valence-electron chi connectivity index (χ2n) is 4.03. The molecule has 0 radical (unpaired) electrons. The number of hydrogen-bond donors (Lipinski definition) is 0. The lowest BCUT2D eigenvalue weighted by atomic mass is 10.0. The Hall–Kier alpha value is -1.63. The first-order chi connectivity index (χ1) is 7.86. The van der Waals surface area contributed by atoms with Crippen molar-refractivity contribution in [1.82, 2.24) is 0 Å². The van der Waals surface area contributed by atoms with Crippen molar-refractivity contribution in [2.24, 2.45) is 4.99 Å². The SMILES string of the molecule is CC(=NCc1ccccc1)C1=CCCC=C1. The Bertz CT molecular complexity index is 424. The first kappa shape index (κ1) is 10.9. The predicted octanol–water partition coefficient (Wildman–Crippen LogP) is 3.92. The molecule has 0 fully saturated rings. The average molecular weight is 211 g/mol. The van der Waals surface area contributed by atoms with Gasteiger partial charge in [0.2, 0.25) is 0 Å². The van der Waals surface area contributed by atoms with Crippen LogP contribution in [0.3, 0.4) is 0 Å². The van der Waals surface area contributed by atoms with Crippen LogP contribution >= 0.6 is 0 Å². The Morgan fingerprint density at radius 2 is 2.00 bits per heavy atom. The third-order valence-electron chi connectivity index (χ3n) is 2.75. The van der Waals surface area contributed by atoms with Crippen molar-refractivity contribution < 1.29 is 0 Å². The van der Waals surface area contributed by atoms with Gasteiger partial charge in [0.25, 0.3) is 0 Å². The maximum absolute atomic E-state index is 4.62. The van der Waals surface area contributed by atoms with E-state index < -0.39 is 0 Å². The molecule has 1 aliphatic rings. The van der Waals surface area contributed by atoms with Crippen LogP contribution in [0, 0.1) is 0 Å². The molecule has 1 aromatic carbocycles. The number of hydrogen-bond acceptors (Lipinski definition) is 1. The summed E-state index contributed by atoms with van der Waals surface area (Å²) in [5, 5.41) is 0. The fourth-order valence-corrected chi connectivity index (χ4v) is 1.77. The van der Waals surface area contributed by atoms with E-state index in [1.807, 2.05) is 6.07 Å². The van der Waals surface area contributed by atoms with Gasteiger partial charge in [-0.2, -0.15) is 0 Å². The molecule has 1 aliphatic carbocycles. The van der Waals surface area contributed by atoms with Gasteiger partial charge >= 0.3 is 0 Å². The van der Waals surface area contributed by atoms with Crippen LogP contribution in [0.2, 0.25) is 0 Å². The molecule has 1 aromatic rings. The van der Waals surface area contributed by atoms with Gasteiger partial charge < -0.3 is 0 Å². The van der Waals surface area contributed by atoms with Gasteiger partial charge in [-0.15, -0.1) is 0 Å². The summed E-state index contributed by atoms with van der Waals surface area (Å²) < 4.78 is 0. The van der Waals surface area contributed by atoms with Crippen molar-refractivity contribution in [3.63, 3.8) is 0 Å². The molecule has 16 heavy (non-hydrogen) atoms. The van der Waals surface area contributed by atoms with E-state index in [1.165, 1.54) is 11.1 Å². The fraction of sp³-hybridized carbons (Fsp3) is 0.267. The summed E-state index contributed by atoms with van der Waals surface area (Å²) in [6, 6.07) is 10.4. The fourth-order valence-electron chi connectivity index (χ4n) is 1.77. The topological polar surface area (TPSA) is 12.4 Å². The van der Waals surface area contributed by atoms with Crippen LogP contribution in [0.4, 0.5) is 0 Å². The Labute approximate surface area is 97.2 Å². The molecule has 0 amide bonds. The van der Waals surface area contributed by atoms with Crippen LogP contribution in [0.25, 0.3) is 0 Å². The lowest BCUT2D eigenvalue weighted by molar-refractivity contribution is 1.02. The molecule has 0 saturated carbocycles. The zero-order chi connectivity index (χ0) is 11.2. The molecular weight excluding hydrogens is 194 g/mol. The van der Waals surface area contributed by atoms with Crippen molar-refractivity contribution >= 4 is 5.71 Å². The molecular formula is C15H17N. The van der Waals surface area contributed by atoms with Gasteiger partial charge in [-0.3, -0.25) is 4.99 Å². The number of aliphatic imine (C=N–C) groups is 1. The molecule has 0 heterocycles. The molecule has 0 aromatic heterocycles. The molecule has 0 saturated heterocycles. The highest BCUT2D eigenvalue weighted by atomic mass is 14.7. The lowest BCUT2D eigenvalue weighted by Crippen LogP contribution is -1.98. The van der Waals surface area contributed by atoms with E-state index in [0.717, 1.165) is 25.1 Å². The third-order valence-corrected chi connectivity index (χ3v) is 2.75. The first-order valence-corrected chi connectivity index (χ1v) is 5.78. The lowest BCUT2D eigenvalue weighted by Gasteiger charge is -2.06. The van der Waals surface area contributed by atoms with Gasteiger partial charge in [0.05, 0.1) is 6.54 Å². The molecule has 0 unspecified atom stereocenters. The predicted molar refractivity (Wildman–Crippen MR) is 69.7 cm³/mol. The summed E-state index contributed by atoms with van der Waals surface area (Å²) in [4.78, 5) is 4.62. The minimum atomic E-state index is 0.776. The minimum absolute atomic E-state index is 0.776. The zero-order valence-electron chi connectivity index (χ0n) is 9.69. The van der Waals surface area contributed by atoms with Gasteiger partial charge in [-0.25, -0.2) is 0 Å². The van der Waals surface area contributed by atoms with Crippen LogP contribution in [-0.4, -0.2) is 5.71 Å². The summed E-state index contributed by atoms with van der Waals surface area (Å²) in [5.41, 5.74) is 3.68. The monoisotopic (exact) mass is 211 g/mol. The molecule has 0 N–H and O–H groups in total.